The second-order valence-corrected chi connectivity index (χ2v) is 4.68. The van der Waals surface area contributed by atoms with Crippen molar-refractivity contribution in [2.75, 3.05) is 7.05 Å². The van der Waals surface area contributed by atoms with Gasteiger partial charge in [0.1, 0.15) is 0 Å². The van der Waals surface area contributed by atoms with Gasteiger partial charge in [0.25, 0.3) is 0 Å². The van der Waals surface area contributed by atoms with Crippen LogP contribution in [0.5, 0.6) is 0 Å². The molecule has 1 atom stereocenters. The molecule has 0 aliphatic heterocycles. The Bertz CT molecular complexity index is 429. The molecule has 0 aromatic heterocycles. The molecule has 1 aromatic carbocycles. The van der Waals surface area contributed by atoms with Crippen LogP contribution < -0.4 is 0 Å². The smallest absolute Gasteiger partial charge is 0.380 e. The summed E-state index contributed by atoms with van der Waals surface area (Å²) in [5.41, 5.74) is -2.19. The van der Waals surface area contributed by atoms with E-state index in [0.29, 0.717) is 6.92 Å². The third-order valence-corrected chi connectivity index (χ3v) is 2.79. The summed E-state index contributed by atoms with van der Waals surface area (Å²) in [7, 11) is 1.40. The number of hydrogen-bond donors (Lipinski definition) is 1. The third kappa shape index (κ3) is 4.24. The molecule has 0 unspecified atom stereocenters. The van der Waals surface area contributed by atoms with Crippen LogP contribution in [0.2, 0.25) is 0 Å². The van der Waals surface area contributed by atoms with E-state index < -0.39 is 24.1 Å². The molecule has 19 heavy (non-hydrogen) atoms. The Balaban J connectivity index is 2.64. The summed E-state index contributed by atoms with van der Waals surface area (Å²) in [6.07, 6.45) is -5.81. The summed E-state index contributed by atoms with van der Waals surface area (Å²) in [6, 6.07) is 8.90. The first kappa shape index (κ1) is 15.5. The van der Waals surface area contributed by atoms with E-state index in [4.69, 9.17) is 0 Å². The van der Waals surface area contributed by atoms with E-state index >= 15 is 0 Å². The lowest BCUT2D eigenvalue weighted by Crippen LogP contribution is -2.46. The maximum absolute atomic E-state index is 12.5. The second kappa shape index (κ2) is 5.61. The van der Waals surface area contributed by atoms with Gasteiger partial charge in [0.15, 0.2) is 5.60 Å². The molecule has 0 radical (unpaired) electrons. The zero-order valence-corrected chi connectivity index (χ0v) is 10.7. The van der Waals surface area contributed by atoms with Gasteiger partial charge in [-0.3, -0.25) is 4.79 Å². The monoisotopic (exact) mass is 275 g/mol. The molecular formula is C13H16F3NO2. The molecule has 0 saturated heterocycles. The van der Waals surface area contributed by atoms with E-state index in [1.807, 2.05) is 0 Å². The van der Waals surface area contributed by atoms with Crippen molar-refractivity contribution in [2.45, 2.75) is 31.7 Å². The van der Waals surface area contributed by atoms with Gasteiger partial charge >= 0.3 is 6.18 Å². The molecule has 3 nitrogen and oxygen atoms in total. The first-order valence-electron chi connectivity index (χ1n) is 5.70. The Kier molecular flexibility index (Phi) is 4.57. The van der Waals surface area contributed by atoms with Crippen molar-refractivity contribution in [2.24, 2.45) is 0 Å². The Morgan fingerprint density at radius 1 is 1.26 bits per heavy atom. The molecule has 1 aromatic rings. The van der Waals surface area contributed by atoms with Gasteiger partial charge in [-0.05, 0) is 12.5 Å². The zero-order valence-electron chi connectivity index (χ0n) is 10.7. The summed E-state index contributed by atoms with van der Waals surface area (Å²) < 4.78 is 37.4. The fraction of sp³-hybridized carbons (Fsp3) is 0.462. The van der Waals surface area contributed by atoms with Crippen LogP contribution in [0.25, 0.3) is 0 Å². The predicted octanol–water partition coefficient (Wildman–Crippen LogP) is 2.35. The van der Waals surface area contributed by atoms with Gasteiger partial charge in [-0.1, -0.05) is 30.3 Å². The summed E-state index contributed by atoms with van der Waals surface area (Å²) >= 11 is 0. The highest BCUT2D eigenvalue weighted by Gasteiger charge is 2.51. The standard InChI is InChI=1S/C13H16F3NO2/c1-12(19,13(14,15)16)8-11(18)17(2)9-10-6-4-3-5-7-10/h3-7,19H,8-9H2,1-2H3/t12-/m0/s1. The SMILES string of the molecule is CN(Cc1ccccc1)C(=O)C[C@](C)(O)C(F)(F)F. The Morgan fingerprint density at radius 2 is 1.79 bits per heavy atom. The number of aliphatic hydroxyl groups is 1. The maximum atomic E-state index is 12.5. The maximum Gasteiger partial charge on any atom is 0.417 e. The molecule has 0 heterocycles. The number of nitrogens with zero attached hydrogens (tertiary/aromatic N) is 1. The van der Waals surface area contributed by atoms with Crippen LogP contribution >= 0.6 is 0 Å². The highest BCUT2D eigenvalue weighted by Crippen LogP contribution is 2.33. The first-order chi connectivity index (χ1) is 8.63. The second-order valence-electron chi connectivity index (χ2n) is 4.68. The van der Waals surface area contributed by atoms with E-state index in [9.17, 15) is 23.1 Å². The average molecular weight is 275 g/mol. The summed E-state index contributed by atoms with van der Waals surface area (Å²) in [4.78, 5) is 12.8. The van der Waals surface area contributed by atoms with Crippen molar-refractivity contribution in [3.8, 4) is 0 Å². The summed E-state index contributed by atoms with van der Waals surface area (Å²) in [5, 5.41) is 9.26. The quantitative estimate of drug-likeness (QED) is 0.916. The van der Waals surface area contributed by atoms with Crippen molar-refractivity contribution in [1.29, 1.82) is 0 Å². The largest absolute Gasteiger partial charge is 0.417 e. The van der Waals surface area contributed by atoms with Gasteiger partial charge in [0.05, 0.1) is 6.42 Å². The fourth-order valence-electron chi connectivity index (χ4n) is 1.48. The van der Waals surface area contributed by atoms with Crippen molar-refractivity contribution >= 4 is 5.91 Å². The van der Waals surface area contributed by atoms with E-state index in [0.717, 1.165) is 10.5 Å². The minimum Gasteiger partial charge on any atom is -0.380 e. The number of amides is 1. The number of carbonyl (C=O) groups excluding carboxylic acids is 1. The van der Waals surface area contributed by atoms with Crippen molar-refractivity contribution < 1.29 is 23.1 Å². The van der Waals surface area contributed by atoms with E-state index in [1.54, 1.807) is 30.3 Å². The molecule has 0 fully saturated rings. The van der Waals surface area contributed by atoms with Crippen LogP contribution in [0.15, 0.2) is 30.3 Å². The minimum absolute atomic E-state index is 0.202. The molecule has 0 saturated carbocycles. The van der Waals surface area contributed by atoms with Gasteiger partial charge in [0, 0.05) is 13.6 Å². The number of rotatable bonds is 4. The van der Waals surface area contributed by atoms with Crippen molar-refractivity contribution in [3.05, 3.63) is 35.9 Å². The normalized spacial score (nSPS) is 14.8. The van der Waals surface area contributed by atoms with Crippen molar-refractivity contribution in [1.82, 2.24) is 4.90 Å². The molecule has 1 amide bonds. The lowest BCUT2D eigenvalue weighted by atomic mass is 10.0. The number of benzene rings is 1. The lowest BCUT2D eigenvalue weighted by Gasteiger charge is -2.28. The molecule has 1 rings (SSSR count). The summed E-state index contributed by atoms with van der Waals surface area (Å²) in [6.45, 7) is 0.800. The molecular weight excluding hydrogens is 259 g/mol. The van der Waals surface area contributed by atoms with Gasteiger partial charge in [0.2, 0.25) is 5.91 Å². The molecule has 6 heteroatoms. The Morgan fingerprint density at radius 3 is 2.26 bits per heavy atom. The first-order valence-corrected chi connectivity index (χ1v) is 5.70. The molecule has 1 N–H and O–H groups in total. The van der Waals surface area contributed by atoms with E-state index in [2.05, 4.69) is 0 Å². The highest BCUT2D eigenvalue weighted by atomic mass is 19.4. The van der Waals surface area contributed by atoms with Crippen LogP contribution in [0.1, 0.15) is 18.9 Å². The number of alkyl halides is 3. The topological polar surface area (TPSA) is 40.5 Å². The van der Waals surface area contributed by atoms with Crippen LogP contribution in [0, 0.1) is 0 Å². The van der Waals surface area contributed by atoms with Gasteiger partial charge in [-0.25, -0.2) is 0 Å². The number of hydrogen-bond acceptors (Lipinski definition) is 2. The van der Waals surface area contributed by atoms with Crippen molar-refractivity contribution in [3.63, 3.8) is 0 Å². The summed E-state index contributed by atoms with van der Waals surface area (Å²) in [5.74, 6) is -0.758. The Hall–Kier alpha value is -1.56. The van der Waals surface area contributed by atoms with E-state index in [1.165, 1.54) is 7.05 Å². The van der Waals surface area contributed by atoms with Crippen LogP contribution in [0.3, 0.4) is 0 Å². The molecule has 106 valence electrons. The van der Waals surface area contributed by atoms with Crippen LogP contribution in [0.4, 0.5) is 13.2 Å². The average Bonchev–Trinajstić information content (AvgIpc) is 2.28. The Labute approximate surface area is 109 Å². The predicted molar refractivity (Wildman–Crippen MR) is 64.2 cm³/mol. The molecule has 0 aliphatic carbocycles. The third-order valence-electron chi connectivity index (χ3n) is 2.79. The van der Waals surface area contributed by atoms with Gasteiger partial charge in [-0.15, -0.1) is 0 Å². The molecule has 0 bridgehead atoms. The van der Waals surface area contributed by atoms with Gasteiger partial charge in [-0.2, -0.15) is 13.2 Å². The van der Waals surface area contributed by atoms with Crippen LogP contribution in [-0.4, -0.2) is 34.7 Å². The minimum atomic E-state index is -4.82. The van der Waals surface area contributed by atoms with E-state index in [-0.39, 0.29) is 6.54 Å². The van der Waals surface area contributed by atoms with Gasteiger partial charge < -0.3 is 10.0 Å². The fourth-order valence-corrected chi connectivity index (χ4v) is 1.48. The number of halogens is 3. The molecule has 0 spiro atoms. The number of carbonyl (C=O) groups is 1. The van der Waals surface area contributed by atoms with Crippen LogP contribution in [-0.2, 0) is 11.3 Å². The molecule has 0 aliphatic rings. The lowest BCUT2D eigenvalue weighted by molar-refractivity contribution is -0.254. The highest BCUT2D eigenvalue weighted by molar-refractivity contribution is 5.77. The zero-order chi connectivity index (χ0) is 14.7.